The summed E-state index contributed by atoms with van der Waals surface area (Å²) in [6.07, 6.45) is 0. The lowest BCUT2D eigenvalue weighted by Crippen LogP contribution is -2.28. The van der Waals surface area contributed by atoms with Crippen molar-refractivity contribution >= 4 is 32.6 Å². The second-order valence-corrected chi connectivity index (χ2v) is 5.40. The van der Waals surface area contributed by atoms with Crippen molar-refractivity contribution in [1.82, 2.24) is 4.98 Å². The van der Waals surface area contributed by atoms with Crippen molar-refractivity contribution < 1.29 is 25.8 Å². The van der Waals surface area contributed by atoms with Crippen molar-refractivity contribution in [1.29, 1.82) is 0 Å². The first-order chi connectivity index (χ1) is 8.69. The Morgan fingerprint density at radius 2 is 1.84 bits per heavy atom. The molecule has 1 aromatic carbocycles. The Bertz CT molecular complexity index is 730. The summed E-state index contributed by atoms with van der Waals surface area (Å²) in [7, 11) is -5.67. The van der Waals surface area contributed by atoms with E-state index in [1.165, 1.54) is 18.2 Å². The standard InChI is InChI=1S/C10H5ClF3NO3S/c11-9-4-1-6-5-7(2-3-8(6)15-9)18-19(16,17)10(12,13)14/h1-5H. The molecule has 2 aromatic rings. The molecule has 0 radical (unpaired) electrons. The average molecular weight is 312 g/mol. The Kier molecular flexibility index (Phi) is 3.31. The van der Waals surface area contributed by atoms with E-state index in [1.54, 1.807) is 0 Å². The fraction of sp³-hybridized carbons (Fsp3) is 0.100. The van der Waals surface area contributed by atoms with Crippen LogP contribution in [0.3, 0.4) is 0 Å². The molecule has 0 saturated carbocycles. The van der Waals surface area contributed by atoms with Gasteiger partial charge in [-0.1, -0.05) is 11.6 Å². The number of pyridine rings is 1. The van der Waals surface area contributed by atoms with Gasteiger partial charge in [0.25, 0.3) is 0 Å². The van der Waals surface area contributed by atoms with E-state index in [0.29, 0.717) is 10.9 Å². The Morgan fingerprint density at radius 3 is 2.47 bits per heavy atom. The summed E-state index contributed by atoms with van der Waals surface area (Å²) in [5.41, 5.74) is -5.07. The number of nitrogens with zero attached hydrogens (tertiary/aromatic N) is 1. The van der Waals surface area contributed by atoms with Crippen molar-refractivity contribution in [2.24, 2.45) is 0 Å². The highest BCUT2D eigenvalue weighted by molar-refractivity contribution is 7.88. The minimum absolute atomic E-state index is 0.212. The molecule has 1 heterocycles. The molecule has 0 fully saturated rings. The SMILES string of the molecule is O=S(=O)(Oc1ccc2nc(Cl)ccc2c1)C(F)(F)F. The van der Waals surface area contributed by atoms with Gasteiger partial charge in [-0.15, -0.1) is 0 Å². The van der Waals surface area contributed by atoms with Gasteiger partial charge in [-0.05, 0) is 30.3 Å². The van der Waals surface area contributed by atoms with Crippen LogP contribution < -0.4 is 4.18 Å². The molecule has 2 rings (SSSR count). The van der Waals surface area contributed by atoms with Crippen LogP contribution in [0.4, 0.5) is 13.2 Å². The van der Waals surface area contributed by atoms with Gasteiger partial charge in [0.2, 0.25) is 0 Å². The minimum Gasteiger partial charge on any atom is -0.376 e. The van der Waals surface area contributed by atoms with Gasteiger partial charge in [-0.25, -0.2) is 4.98 Å². The van der Waals surface area contributed by atoms with Crippen molar-refractivity contribution in [3.8, 4) is 5.75 Å². The topological polar surface area (TPSA) is 56.3 Å². The molecule has 9 heteroatoms. The fourth-order valence-corrected chi connectivity index (χ4v) is 1.91. The van der Waals surface area contributed by atoms with E-state index in [1.807, 2.05) is 0 Å². The maximum absolute atomic E-state index is 12.1. The summed E-state index contributed by atoms with van der Waals surface area (Å²) in [5, 5.41) is 0.614. The van der Waals surface area contributed by atoms with E-state index in [4.69, 9.17) is 11.6 Å². The maximum atomic E-state index is 12.1. The Labute approximate surface area is 110 Å². The van der Waals surface area contributed by atoms with Crippen LogP contribution in [0.2, 0.25) is 5.15 Å². The molecular formula is C10H5ClF3NO3S. The monoisotopic (exact) mass is 311 g/mol. The molecule has 0 saturated heterocycles. The summed E-state index contributed by atoms with van der Waals surface area (Å²) >= 11 is 5.64. The molecule has 0 aliphatic carbocycles. The lowest BCUT2D eigenvalue weighted by molar-refractivity contribution is -0.0500. The highest BCUT2D eigenvalue weighted by atomic mass is 35.5. The van der Waals surface area contributed by atoms with Gasteiger partial charge in [0.15, 0.2) is 0 Å². The Hall–Kier alpha value is -1.54. The van der Waals surface area contributed by atoms with Gasteiger partial charge in [-0.2, -0.15) is 21.6 Å². The molecule has 102 valence electrons. The molecule has 0 amide bonds. The van der Waals surface area contributed by atoms with Gasteiger partial charge in [0.1, 0.15) is 10.9 Å². The molecule has 0 atom stereocenters. The van der Waals surface area contributed by atoms with Crippen molar-refractivity contribution in [2.75, 3.05) is 0 Å². The van der Waals surface area contributed by atoms with Gasteiger partial charge >= 0.3 is 15.6 Å². The second-order valence-electron chi connectivity index (χ2n) is 3.47. The predicted molar refractivity (Wildman–Crippen MR) is 62.4 cm³/mol. The van der Waals surface area contributed by atoms with E-state index in [9.17, 15) is 21.6 Å². The van der Waals surface area contributed by atoms with E-state index in [0.717, 1.165) is 12.1 Å². The molecule has 1 aromatic heterocycles. The normalized spacial score (nSPS) is 12.6. The van der Waals surface area contributed by atoms with E-state index in [-0.39, 0.29) is 5.15 Å². The van der Waals surface area contributed by atoms with Gasteiger partial charge < -0.3 is 4.18 Å². The van der Waals surface area contributed by atoms with Crippen molar-refractivity contribution in [3.05, 3.63) is 35.5 Å². The second kappa shape index (κ2) is 4.53. The first kappa shape index (κ1) is 13.9. The average Bonchev–Trinajstić information content (AvgIpc) is 2.27. The molecule has 0 bridgehead atoms. The predicted octanol–water partition coefficient (Wildman–Crippen LogP) is 3.12. The van der Waals surface area contributed by atoms with Crippen LogP contribution in [0.5, 0.6) is 5.75 Å². The van der Waals surface area contributed by atoms with Crippen LogP contribution in [0.25, 0.3) is 10.9 Å². The number of fused-ring (bicyclic) bond motifs is 1. The maximum Gasteiger partial charge on any atom is 0.534 e. The summed E-state index contributed by atoms with van der Waals surface area (Å²) in [6, 6.07) is 6.41. The number of hydrogen-bond donors (Lipinski definition) is 0. The molecular weight excluding hydrogens is 307 g/mol. The van der Waals surface area contributed by atoms with E-state index < -0.39 is 21.4 Å². The molecule has 4 nitrogen and oxygen atoms in total. The zero-order chi connectivity index (χ0) is 14.3. The van der Waals surface area contributed by atoms with Crippen LogP contribution in [0.1, 0.15) is 0 Å². The van der Waals surface area contributed by atoms with Crippen molar-refractivity contribution in [3.63, 3.8) is 0 Å². The van der Waals surface area contributed by atoms with Gasteiger partial charge in [0, 0.05) is 5.39 Å². The molecule has 0 aliphatic heterocycles. The first-order valence-corrected chi connectivity index (χ1v) is 6.55. The lowest BCUT2D eigenvalue weighted by Gasteiger charge is -2.09. The Balaban J connectivity index is 2.40. The fourth-order valence-electron chi connectivity index (χ4n) is 1.30. The van der Waals surface area contributed by atoms with Crippen molar-refractivity contribution in [2.45, 2.75) is 5.51 Å². The number of aromatic nitrogens is 1. The smallest absolute Gasteiger partial charge is 0.376 e. The molecule has 0 unspecified atom stereocenters. The highest BCUT2D eigenvalue weighted by Crippen LogP contribution is 2.28. The number of rotatable bonds is 2. The summed E-state index contributed by atoms with van der Waals surface area (Å²) < 4.78 is 62.1. The largest absolute Gasteiger partial charge is 0.534 e. The zero-order valence-corrected chi connectivity index (χ0v) is 10.6. The summed E-state index contributed by atoms with van der Waals surface area (Å²) in [5.74, 6) is -0.450. The first-order valence-electron chi connectivity index (χ1n) is 4.76. The summed E-state index contributed by atoms with van der Waals surface area (Å²) in [4.78, 5) is 3.90. The van der Waals surface area contributed by atoms with E-state index >= 15 is 0 Å². The molecule has 0 spiro atoms. The Morgan fingerprint density at radius 1 is 1.16 bits per heavy atom. The van der Waals surface area contributed by atoms with Crippen LogP contribution in [0.15, 0.2) is 30.3 Å². The van der Waals surface area contributed by atoms with Gasteiger partial charge in [-0.3, -0.25) is 0 Å². The number of halogens is 4. The third kappa shape index (κ3) is 2.90. The summed E-state index contributed by atoms with van der Waals surface area (Å²) in [6.45, 7) is 0. The highest BCUT2D eigenvalue weighted by Gasteiger charge is 2.48. The van der Waals surface area contributed by atoms with Crippen LogP contribution in [-0.2, 0) is 10.1 Å². The molecule has 0 aliphatic rings. The van der Waals surface area contributed by atoms with Crippen LogP contribution >= 0.6 is 11.6 Å². The number of hydrogen-bond acceptors (Lipinski definition) is 4. The number of alkyl halides is 3. The minimum atomic E-state index is -5.67. The quantitative estimate of drug-likeness (QED) is 0.486. The third-order valence-corrected chi connectivity index (χ3v) is 3.31. The van der Waals surface area contributed by atoms with Crippen LogP contribution in [0, 0.1) is 0 Å². The van der Waals surface area contributed by atoms with E-state index in [2.05, 4.69) is 9.17 Å². The van der Waals surface area contributed by atoms with Gasteiger partial charge in [0.05, 0.1) is 5.52 Å². The lowest BCUT2D eigenvalue weighted by atomic mass is 10.2. The molecule has 19 heavy (non-hydrogen) atoms. The van der Waals surface area contributed by atoms with Crippen LogP contribution in [-0.4, -0.2) is 18.9 Å². The molecule has 0 N–H and O–H groups in total. The zero-order valence-electron chi connectivity index (χ0n) is 8.98. The third-order valence-electron chi connectivity index (χ3n) is 2.12. The number of benzene rings is 1.